The summed E-state index contributed by atoms with van der Waals surface area (Å²) in [6.07, 6.45) is 4.45. The summed E-state index contributed by atoms with van der Waals surface area (Å²) in [7, 11) is 3.59. The fourth-order valence-electron chi connectivity index (χ4n) is 1.64. The summed E-state index contributed by atoms with van der Waals surface area (Å²) in [6, 6.07) is 8.77. The first kappa shape index (κ1) is 15.2. The van der Waals surface area contributed by atoms with Gasteiger partial charge in [0.1, 0.15) is 0 Å². The van der Waals surface area contributed by atoms with Crippen LogP contribution in [0.15, 0.2) is 58.1 Å². The molecular weight excluding hydrogens is 334 g/mol. The average Bonchev–Trinajstić information content (AvgIpc) is 2.45. The molecule has 0 atom stereocenters. The summed E-state index contributed by atoms with van der Waals surface area (Å²) in [5, 5.41) is 4.13. The Morgan fingerprint density at radius 3 is 2.76 bits per heavy atom. The van der Waals surface area contributed by atoms with Gasteiger partial charge >= 0.3 is 0 Å². The van der Waals surface area contributed by atoms with Gasteiger partial charge in [-0.05, 0) is 18.2 Å². The third kappa shape index (κ3) is 3.88. The second kappa shape index (κ2) is 6.49. The number of hydrogen-bond acceptors (Lipinski definition) is 4. The molecule has 0 saturated heterocycles. The summed E-state index contributed by atoms with van der Waals surface area (Å²) in [5.74, 6) is -0.418. The van der Waals surface area contributed by atoms with E-state index in [1.54, 1.807) is 25.2 Å². The number of benzene rings is 1. The van der Waals surface area contributed by atoms with E-state index in [1.807, 2.05) is 24.3 Å². The fraction of sp³-hybridized carbons (Fsp3) is 0.133. The van der Waals surface area contributed by atoms with E-state index in [-0.39, 0.29) is 5.69 Å². The summed E-state index contributed by atoms with van der Waals surface area (Å²) < 4.78 is 2.39. The lowest BCUT2D eigenvalue weighted by atomic mass is 10.2. The Hall–Kier alpha value is -2.21. The summed E-state index contributed by atoms with van der Waals surface area (Å²) in [6.45, 7) is 0. The van der Waals surface area contributed by atoms with Crippen molar-refractivity contribution < 1.29 is 4.79 Å². The van der Waals surface area contributed by atoms with Gasteiger partial charge in [-0.2, -0.15) is 5.10 Å². The number of halogens is 1. The van der Waals surface area contributed by atoms with Crippen LogP contribution in [0.3, 0.4) is 0 Å². The van der Waals surface area contributed by atoms with Crippen molar-refractivity contribution in [3.8, 4) is 5.69 Å². The van der Waals surface area contributed by atoms with Gasteiger partial charge in [0.25, 0.3) is 0 Å². The monoisotopic (exact) mass is 347 g/mol. The molecule has 21 heavy (non-hydrogen) atoms. The molecule has 0 aliphatic heterocycles. The van der Waals surface area contributed by atoms with E-state index in [1.165, 1.54) is 23.0 Å². The molecule has 6 heteroatoms. The van der Waals surface area contributed by atoms with Crippen LogP contribution in [-0.4, -0.2) is 34.6 Å². The molecule has 5 nitrogen and oxygen atoms in total. The van der Waals surface area contributed by atoms with Crippen LogP contribution in [0.1, 0.15) is 10.5 Å². The standard InChI is InChI=1S/C15H14BrN3O2/c1-18(2)8-6-13(20)15-14(21)7-9-19(17-15)12-5-3-4-11(16)10-12/h3-10H,1-2H3. The first-order valence-electron chi connectivity index (χ1n) is 6.22. The van der Waals surface area contributed by atoms with Crippen molar-refractivity contribution in [2.24, 2.45) is 0 Å². The van der Waals surface area contributed by atoms with Crippen molar-refractivity contribution >= 4 is 21.7 Å². The Morgan fingerprint density at radius 1 is 1.33 bits per heavy atom. The lowest BCUT2D eigenvalue weighted by Gasteiger charge is -2.07. The molecular formula is C15H14BrN3O2. The highest BCUT2D eigenvalue weighted by molar-refractivity contribution is 9.10. The topological polar surface area (TPSA) is 55.2 Å². The van der Waals surface area contributed by atoms with Crippen LogP contribution >= 0.6 is 15.9 Å². The van der Waals surface area contributed by atoms with Crippen LogP contribution in [0, 0.1) is 0 Å². The molecule has 0 bridgehead atoms. The molecule has 1 heterocycles. The number of hydrogen-bond donors (Lipinski definition) is 0. The van der Waals surface area contributed by atoms with Gasteiger partial charge in [-0.15, -0.1) is 0 Å². The van der Waals surface area contributed by atoms with Crippen molar-refractivity contribution in [2.45, 2.75) is 0 Å². The number of nitrogens with zero attached hydrogens (tertiary/aromatic N) is 3. The van der Waals surface area contributed by atoms with Gasteiger partial charge in [-0.25, -0.2) is 4.68 Å². The lowest BCUT2D eigenvalue weighted by molar-refractivity contribution is 0.103. The maximum absolute atomic E-state index is 12.0. The van der Waals surface area contributed by atoms with Crippen molar-refractivity contribution in [3.63, 3.8) is 0 Å². The molecule has 0 aliphatic carbocycles. The van der Waals surface area contributed by atoms with Crippen LogP contribution in [0.25, 0.3) is 5.69 Å². The van der Waals surface area contributed by atoms with Crippen molar-refractivity contribution in [2.75, 3.05) is 14.1 Å². The second-order valence-corrected chi connectivity index (χ2v) is 5.51. The Labute approximate surface area is 130 Å². The van der Waals surface area contributed by atoms with Crippen LogP contribution in [0.4, 0.5) is 0 Å². The van der Waals surface area contributed by atoms with Crippen molar-refractivity contribution in [3.05, 3.63) is 69.2 Å². The molecule has 0 saturated carbocycles. The lowest BCUT2D eigenvalue weighted by Crippen LogP contribution is -2.20. The first-order chi connectivity index (χ1) is 9.97. The second-order valence-electron chi connectivity index (χ2n) is 4.60. The number of carbonyl (C=O) groups excluding carboxylic acids is 1. The Bertz CT molecular complexity index is 751. The van der Waals surface area contributed by atoms with Gasteiger partial charge in [-0.3, -0.25) is 9.59 Å². The van der Waals surface area contributed by atoms with Crippen LogP contribution in [0.5, 0.6) is 0 Å². The molecule has 1 aromatic heterocycles. The molecule has 0 N–H and O–H groups in total. The van der Waals surface area contributed by atoms with Gasteiger partial charge < -0.3 is 4.90 Å². The van der Waals surface area contributed by atoms with Crippen LogP contribution in [0.2, 0.25) is 0 Å². The van der Waals surface area contributed by atoms with E-state index in [4.69, 9.17) is 0 Å². The molecule has 0 radical (unpaired) electrons. The fourth-order valence-corrected chi connectivity index (χ4v) is 2.02. The highest BCUT2D eigenvalue weighted by atomic mass is 79.9. The van der Waals surface area contributed by atoms with Crippen LogP contribution < -0.4 is 5.43 Å². The van der Waals surface area contributed by atoms with E-state index in [0.29, 0.717) is 0 Å². The summed E-state index contributed by atoms with van der Waals surface area (Å²) in [4.78, 5) is 25.5. The maximum atomic E-state index is 12.0. The molecule has 0 amide bonds. The molecule has 2 rings (SSSR count). The highest BCUT2D eigenvalue weighted by Crippen LogP contribution is 2.14. The Morgan fingerprint density at radius 2 is 2.10 bits per heavy atom. The number of allylic oxidation sites excluding steroid dienone is 1. The minimum absolute atomic E-state index is 0.101. The predicted molar refractivity (Wildman–Crippen MR) is 84.7 cm³/mol. The molecule has 2 aromatic rings. The SMILES string of the molecule is CN(C)C=CC(=O)c1nn(-c2cccc(Br)c2)ccc1=O. The van der Waals surface area contributed by atoms with E-state index in [0.717, 1.165) is 10.2 Å². The minimum atomic E-state index is -0.418. The Balaban J connectivity index is 2.42. The van der Waals surface area contributed by atoms with Crippen molar-refractivity contribution in [1.29, 1.82) is 0 Å². The molecule has 0 aliphatic rings. The zero-order chi connectivity index (χ0) is 15.4. The zero-order valence-corrected chi connectivity index (χ0v) is 13.2. The number of ketones is 1. The zero-order valence-electron chi connectivity index (χ0n) is 11.7. The number of rotatable bonds is 4. The number of carbonyl (C=O) groups is 1. The van der Waals surface area contributed by atoms with Gasteiger partial charge in [-0.1, -0.05) is 22.0 Å². The molecule has 0 fully saturated rings. The molecule has 0 unspecified atom stereocenters. The summed E-state index contributed by atoms with van der Waals surface area (Å²) >= 11 is 3.38. The third-order valence-electron chi connectivity index (χ3n) is 2.64. The normalized spacial score (nSPS) is 10.8. The largest absolute Gasteiger partial charge is 0.383 e. The maximum Gasteiger partial charge on any atom is 0.211 e. The summed E-state index contributed by atoms with van der Waals surface area (Å²) in [5.41, 5.74) is 0.264. The molecule has 0 spiro atoms. The third-order valence-corrected chi connectivity index (χ3v) is 3.13. The Kier molecular flexibility index (Phi) is 4.70. The minimum Gasteiger partial charge on any atom is -0.383 e. The van der Waals surface area contributed by atoms with Gasteiger partial charge in [0, 0.05) is 43.1 Å². The van der Waals surface area contributed by atoms with E-state index in [9.17, 15) is 9.59 Å². The van der Waals surface area contributed by atoms with Gasteiger partial charge in [0.15, 0.2) is 5.69 Å². The van der Waals surface area contributed by atoms with E-state index < -0.39 is 11.2 Å². The van der Waals surface area contributed by atoms with Gasteiger partial charge in [0.2, 0.25) is 11.2 Å². The highest BCUT2D eigenvalue weighted by Gasteiger charge is 2.10. The van der Waals surface area contributed by atoms with E-state index >= 15 is 0 Å². The van der Waals surface area contributed by atoms with E-state index in [2.05, 4.69) is 21.0 Å². The molecule has 1 aromatic carbocycles. The predicted octanol–water partition coefficient (Wildman–Crippen LogP) is 2.25. The van der Waals surface area contributed by atoms with Gasteiger partial charge in [0.05, 0.1) is 5.69 Å². The number of aromatic nitrogens is 2. The van der Waals surface area contributed by atoms with Crippen LogP contribution in [-0.2, 0) is 0 Å². The smallest absolute Gasteiger partial charge is 0.211 e. The quantitative estimate of drug-likeness (QED) is 0.628. The molecule has 108 valence electrons. The van der Waals surface area contributed by atoms with Crippen molar-refractivity contribution in [1.82, 2.24) is 14.7 Å². The average molecular weight is 348 g/mol. The first-order valence-corrected chi connectivity index (χ1v) is 7.01.